The SMILES string of the molecule is CC(OC(=O)CO)[C@@H]1CCCC(C)(C)C1. The van der Waals surface area contributed by atoms with Crippen molar-refractivity contribution in [1.29, 1.82) is 0 Å². The zero-order chi connectivity index (χ0) is 11.5. The molecule has 1 saturated carbocycles. The molecule has 0 aromatic heterocycles. The highest BCUT2D eigenvalue weighted by Gasteiger charge is 2.32. The van der Waals surface area contributed by atoms with Crippen LogP contribution in [0.4, 0.5) is 0 Å². The maximum atomic E-state index is 11.0. The van der Waals surface area contributed by atoms with Crippen molar-refractivity contribution in [1.82, 2.24) is 0 Å². The van der Waals surface area contributed by atoms with Gasteiger partial charge in [0.25, 0.3) is 0 Å². The molecule has 0 aromatic rings. The minimum absolute atomic E-state index is 0.0655. The number of ether oxygens (including phenoxy) is 1. The molecule has 1 rings (SSSR count). The first-order valence-electron chi connectivity index (χ1n) is 5.75. The Balaban J connectivity index is 2.45. The van der Waals surface area contributed by atoms with Crippen LogP contribution >= 0.6 is 0 Å². The lowest BCUT2D eigenvalue weighted by atomic mass is 9.71. The summed E-state index contributed by atoms with van der Waals surface area (Å²) in [7, 11) is 0. The molecule has 0 aromatic carbocycles. The second-order valence-corrected chi connectivity index (χ2v) is 5.37. The first kappa shape index (κ1) is 12.5. The Morgan fingerprint density at radius 2 is 2.27 bits per heavy atom. The van der Waals surface area contributed by atoms with Gasteiger partial charge in [-0.25, -0.2) is 4.79 Å². The normalized spacial score (nSPS) is 27.1. The zero-order valence-corrected chi connectivity index (χ0v) is 9.95. The summed E-state index contributed by atoms with van der Waals surface area (Å²) >= 11 is 0. The van der Waals surface area contributed by atoms with E-state index in [0.29, 0.717) is 11.3 Å². The number of carbonyl (C=O) groups is 1. The Kier molecular flexibility index (Phi) is 4.14. The Morgan fingerprint density at radius 3 is 2.80 bits per heavy atom. The van der Waals surface area contributed by atoms with Crippen molar-refractivity contribution in [2.45, 2.75) is 52.6 Å². The van der Waals surface area contributed by atoms with Crippen LogP contribution in [0.5, 0.6) is 0 Å². The lowest BCUT2D eigenvalue weighted by Crippen LogP contribution is -2.32. The number of esters is 1. The molecule has 1 fully saturated rings. The van der Waals surface area contributed by atoms with Gasteiger partial charge in [0.2, 0.25) is 0 Å². The zero-order valence-electron chi connectivity index (χ0n) is 9.95. The molecule has 0 spiro atoms. The topological polar surface area (TPSA) is 46.5 Å². The van der Waals surface area contributed by atoms with E-state index in [0.717, 1.165) is 12.8 Å². The minimum atomic E-state index is -0.513. The van der Waals surface area contributed by atoms with E-state index in [1.807, 2.05) is 6.92 Å². The summed E-state index contributed by atoms with van der Waals surface area (Å²) in [6.07, 6.45) is 4.63. The van der Waals surface area contributed by atoms with Crippen molar-refractivity contribution >= 4 is 5.97 Å². The molecule has 1 unspecified atom stereocenters. The fourth-order valence-corrected chi connectivity index (χ4v) is 2.50. The molecule has 0 aliphatic heterocycles. The van der Waals surface area contributed by atoms with Gasteiger partial charge in [0, 0.05) is 0 Å². The van der Waals surface area contributed by atoms with Crippen molar-refractivity contribution in [3.05, 3.63) is 0 Å². The molecule has 0 heterocycles. The van der Waals surface area contributed by atoms with Gasteiger partial charge in [-0.3, -0.25) is 0 Å². The van der Waals surface area contributed by atoms with Crippen molar-refractivity contribution in [2.75, 3.05) is 6.61 Å². The van der Waals surface area contributed by atoms with E-state index >= 15 is 0 Å². The fourth-order valence-electron chi connectivity index (χ4n) is 2.50. The van der Waals surface area contributed by atoms with Gasteiger partial charge < -0.3 is 9.84 Å². The van der Waals surface area contributed by atoms with Crippen molar-refractivity contribution in [3.63, 3.8) is 0 Å². The highest BCUT2D eigenvalue weighted by atomic mass is 16.6. The Morgan fingerprint density at radius 1 is 1.60 bits per heavy atom. The van der Waals surface area contributed by atoms with E-state index in [1.165, 1.54) is 12.8 Å². The third-order valence-electron chi connectivity index (χ3n) is 3.35. The summed E-state index contributed by atoms with van der Waals surface area (Å²) in [4.78, 5) is 11.0. The lowest BCUT2D eigenvalue weighted by Gasteiger charge is -2.37. The molecule has 3 nitrogen and oxygen atoms in total. The highest BCUT2D eigenvalue weighted by molar-refractivity contribution is 5.70. The van der Waals surface area contributed by atoms with Crippen LogP contribution in [0.2, 0.25) is 0 Å². The molecule has 0 amide bonds. The van der Waals surface area contributed by atoms with E-state index in [1.54, 1.807) is 0 Å². The smallest absolute Gasteiger partial charge is 0.332 e. The molecule has 88 valence electrons. The first-order chi connectivity index (χ1) is 6.94. The lowest BCUT2D eigenvalue weighted by molar-refractivity contribution is -0.155. The van der Waals surface area contributed by atoms with E-state index in [-0.39, 0.29) is 6.10 Å². The monoisotopic (exact) mass is 214 g/mol. The standard InChI is InChI=1S/C12H22O3/c1-9(15-11(14)8-13)10-5-4-6-12(2,3)7-10/h9-10,13H,4-8H2,1-3H3/t9?,10-/m1/s1. The highest BCUT2D eigenvalue weighted by Crippen LogP contribution is 2.40. The maximum absolute atomic E-state index is 11.0. The second kappa shape index (κ2) is 4.97. The van der Waals surface area contributed by atoms with Crippen LogP contribution in [-0.4, -0.2) is 23.8 Å². The first-order valence-corrected chi connectivity index (χ1v) is 5.75. The van der Waals surface area contributed by atoms with Gasteiger partial charge in [-0.05, 0) is 37.5 Å². The average Bonchev–Trinajstić information content (AvgIpc) is 2.16. The van der Waals surface area contributed by atoms with Gasteiger partial charge >= 0.3 is 5.97 Å². The van der Waals surface area contributed by atoms with Gasteiger partial charge in [-0.2, -0.15) is 0 Å². The number of hydrogen-bond donors (Lipinski definition) is 1. The average molecular weight is 214 g/mol. The molecule has 1 aliphatic carbocycles. The molecule has 3 heteroatoms. The van der Waals surface area contributed by atoms with Crippen molar-refractivity contribution in [2.24, 2.45) is 11.3 Å². The van der Waals surface area contributed by atoms with Crippen LogP contribution < -0.4 is 0 Å². The summed E-state index contributed by atoms with van der Waals surface area (Å²) in [6, 6.07) is 0. The second-order valence-electron chi connectivity index (χ2n) is 5.37. The predicted octanol–water partition coefficient (Wildman–Crippen LogP) is 2.13. The molecule has 2 atom stereocenters. The van der Waals surface area contributed by atoms with Gasteiger partial charge in [0.15, 0.2) is 0 Å². The Hall–Kier alpha value is -0.570. The largest absolute Gasteiger partial charge is 0.461 e. The van der Waals surface area contributed by atoms with Crippen LogP contribution in [0.1, 0.15) is 46.5 Å². The van der Waals surface area contributed by atoms with Crippen LogP contribution in [-0.2, 0) is 9.53 Å². The third kappa shape index (κ3) is 3.82. The van der Waals surface area contributed by atoms with E-state index in [9.17, 15) is 4.79 Å². The molecule has 1 aliphatic rings. The van der Waals surface area contributed by atoms with Crippen LogP contribution in [0, 0.1) is 11.3 Å². The van der Waals surface area contributed by atoms with E-state index in [2.05, 4.69) is 13.8 Å². The Bertz CT molecular complexity index is 223. The summed E-state index contributed by atoms with van der Waals surface area (Å²) in [5, 5.41) is 8.61. The van der Waals surface area contributed by atoms with Crippen molar-refractivity contribution < 1.29 is 14.6 Å². The third-order valence-corrected chi connectivity index (χ3v) is 3.35. The molecule has 15 heavy (non-hydrogen) atoms. The van der Waals surface area contributed by atoms with Gasteiger partial charge in [0.1, 0.15) is 12.7 Å². The minimum Gasteiger partial charge on any atom is -0.461 e. The quantitative estimate of drug-likeness (QED) is 0.732. The summed E-state index contributed by atoms with van der Waals surface area (Å²) < 4.78 is 5.14. The number of aliphatic hydroxyl groups is 1. The summed E-state index contributed by atoms with van der Waals surface area (Å²) in [5.41, 5.74) is 0.364. The number of aliphatic hydroxyl groups excluding tert-OH is 1. The van der Waals surface area contributed by atoms with E-state index in [4.69, 9.17) is 9.84 Å². The predicted molar refractivity (Wildman–Crippen MR) is 58.4 cm³/mol. The van der Waals surface area contributed by atoms with Gasteiger partial charge in [0.05, 0.1) is 0 Å². The van der Waals surface area contributed by atoms with E-state index < -0.39 is 12.6 Å². The maximum Gasteiger partial charge on any atom is 0.332 e. The van der Waals surface area contributed by atoms with Crippen LogP contribution in [0.3, 0.4) is 0 Å². The summed E-state index contributed by atoms with van der Waals surface area (Å²) in [5.74, 6) is -0.0601. The van der Waals surface area contributed by atoms with Crippen LogP contribution in [0.25, 0.3) is 0 Å². The summed E-state index contributed by atoms with van der Waals surface area (Å²) in [6.45, 7) is 5.94. The van der Waals surface area contributed by atoms with Gasteiger partial charge in [-0.1, -0.05) is 20.3 Å². The fraction of sp³-hybridized carbons (Fsp3) is 0.917. The molecule has 0 saturated heterocycles. The Labute approximate surface area is 91.8 Å². The van der Waals surface area contributed by atoms with Crippen LogP contribution in [0.15, 0.2) is 0 Å². The number of rotatable bonds is 3. The molecular formula is C12H22O3. The molecule has 1 N–H and O–H groups in total. The number of hydrogen-bond acceptors (Lipinski definition) is 3. The number of carbonyl (C=O) groups excluding carboxylic acids is 1. The van der Waals surface area contributed by atoms with Gasteiger partial charge in [-0.15, -0.1) is 0 Å². The molecule has 0 radical (unpaired) electrons. The molecule has 0 bridgehead atoms. The van der Waals surface area contributed by atoms with Crippen molar-refractivity contribution in [3.8, 4) is 0 Å². The molecular weight excluding hydrogens is 192 g/mol.